The van der Waals surface area contributed by atoms with Gasteiger partial charge in [0.25, 0.3) is 0 Å². The van der Waals surface area contributed by atoms with Gasteiger partial charge in [0.05, 0.1) is 0 Å². The quantitative estimate of drug-likeness (QED) is 0.368. The summed E-state index contributed by atoms with van der Waals surface area (Å²) in [5.41, 5.74) is 7.77. The molecule has 4 N–H and O–H groups in total. The predicted octanol–water partition coefficient (Wildman–Crippen LogP) is -0.616. The van der Waals surface area contributed by atoms with Crippen LogP contribution in [0.1, 0.15) is 12.8 Å². The van der Waals surface area contributed by atoms with Crippen molar-refractivity contribution in [1.29, 1.82) is 0 Å². The van der Waals surface area contributed by atoms with Crippen molar-refractivity contribution in [2.75, 3.05) is 7.05 Å². The molecule has 0 aromatic carbocycles. The smallest absolute Gasteiger partial charge is 0.320 e. The zero-order chi connectivity index (χ0) is 8.69. The van der Waals surface area contributed by atoms with Gasteiger partial charge in [0.1, 0.15) is 6.04 Å². The van der Waals surface area contributed by atoms with Crippen LogP contribution in [0.2, 0.25) is 0 Å². The van der Waals surface area contributed by atoms with Crippen molar-refractivity contribution in [3.05, 3.63) is 0 Å². The molecule has 0 spiro atoms. The highest BCUT2D eigenvalue weighted by Crippen LogP contribution is 1.91. The number of nitrogens with two attached hydrogens (primary N) is 1. The standard InChI is InChI=1S/C6H13N3O2/c1-8-9-4-2-3-5(7)6(10)11/h4-5,8H,2-3,7H2,1H3,(H,10,11)/t5-/m0/s1. The zero-order valence-electron chi connectivity index (χ0n) is 6.45. The minimum atomic E-state index is -0.970. The molecule has 5 nitrogen and oxygen atoms in total. The largest absolute Gasteiger partial charge is 0.480 e. The van der Waals surface area contributed by atoms with Crippen LogP contribution in [-0.4, -0.2) is 30.4 Å². The first-order valence-electron chi connectivity index (χ1n) is 3.35. The summed E-state index contributed by atoms with van der Waals surface area (Å²) in [7, 11) is 1.67. The Balaban J connectivity index is 3.38. The first-order valence-corrected chi connectivity index (χ1v) is 3.35. The number of hydrazone groups is 1. The van der Waals surface area contributed by atoms with Gasteiger partial charge < -0.3 is 16.3 Å². The van der Waals surface area contributed by atoms with Crippen LogP contribution in [0.4, 0.5) is 0 Å². The monoisotopic (exact) mass is 159 g/mol. The van der Waals surface area contributed by atoms with E-state index in [-0.39, 0.29) is 0 Å². The van der Waals surface area contributed by atoms with E-state index < -0.39 is 12.0 Å². The van der Waals surface area contributed by atoms with Crippen LogP contribution in [0.15, 0.2) is 5.10 Å². The molecule has 0 saturated heterocycles. The fourth-order valence-corrected chi connectivity index (χ4v) is 0.533. The molecule has 0 aromatic heterocycles. The van der Waals surface area contributed by atoms with Gasteiger partial charge in [-0.05, 0) is 12.8 Å². The number of nitrogens with zero attached hydrogens (tertiary/aromatic N) is 1. The van der Waals surface area contributed by atoms with Gasteiger partial charge in [0.2, 0.25) is 0 Å². The third-order valence-electron chi connectivity index (χ3n) is 1.14. The molecule has 0 bridgehead atoms. The molecule has 0 aliphatic rings. The van der Waals surface area contributed by atoms with E-state index in [1.807, 2.05) is 0 Å². The van der Waals surface area contributed by atoms with E-state index in [0.717, 1.165) is 0 Å². The van der Waals surface area contributed by atoms with Gasteiger partial charge in [-0.1, -0.05) is 0 Å². The number of hydrogen-bond acceptors (Lipinski definition) is 4. The maximum Gasteiger partial charge on any atom is 0.320 e. The Morgan fingerprint density at radius 3 is 3.00 bits per heavy atom. The van der Waals surface area contributed by atoms with Crippen LogP contribution >= 0.6 is 0 Å². The molecule has 11 heavy (non-hydrogen) atoms. The molecule has 0 heterocycles. The second kappa shape index (κ2) is 5.67. The fraction of sp³-hybridized carbons (Fsp3) is 0.667. The Morgan fingerprint density at radius 2 is 2.55 bits per heavy atom. The Labute approximate surface area is 65.3 Å². The molecule has 0 amide bonds. The average molecular weight is 159 g/mol. The van der Waals surface area contributed by atoms with Crippen LogP contribution in [0, 0.1) is 0 Å². The van der Waals surface area contributed by atoms with Crippen molar-refractivity contribution < 1.29 is 9.90 Å². The summed E-state index contributed by atoms with van der Waals surface area (Å²) in [6.45, 7) is 0. The lowest BCUT2D eigenvalue weighted by Crippen LogP contribution is -2.29. The van der Waals surface area contributed by atoms with Gasteiger partial charge in [-0.3, -0.25) is 4.79 Å². The number of carboxylic acids is 1. The van der Waals surface area contributed by atoms with E-state index in [9.17, 15) is 4.79 Å². The molecule has 0 rings (SSSR count). The molecule has 0 aliphatic heterocycles. The minimum absolute atomic E-state index is 0.417. The predicted molar refractivity (Wildman–Crippen MR) is 42.4 cm³/mol. The lowest BCUT2D eigenvalue weighted by molar-refractivity contribution is -0.138. The SMILES string of the molecule is CNN=CCC[C@H](N)C(=O)O. The Hall–Kier alpha value is -1.10. The van der Waals surface area contributed by atoms with E-state index in [1.165, 1.54) is 0 Å². The molecule has 0 unspecified atom stereocenters. The van der Waals surface area contributed by atoms with E-state index in [0.29, 0.717) is 12.8 Å². The van der Waals surface area contributed by atoms with Crippen LogP contribution in [-0.2, 0) is 4.79 Å². The highest BCUT2D eigenvalue weighted by molar-refractivity contribution is 5.73. The van der Waals surface area contributed by atoms with E-state index in [2.05, 4.69) is 10.5 Å². The number of rotatable bonds is 5. The van der Waals surface area contributed by atoms with Crippen molar-refractivity contribution in [1.82, 2.24) is 5.43 Å². The Bertz CT molecular complexity index is 147. The highest BCUT2D eigenvalue weighted by Gasteiger charge is 2.08. The van der Waals surface area contributed by atoms with Crippen molar-refractivity contribution in [3.63, 3.8) is 0 Å². The molecule has 0 radical (unpaired) electrons. The third kappa shape index (κ3) is 5.35. The number of carbonyl (C=O) groups is 1. The van der Waals surface area contributed by atoms with Crippen molar-refractivity contribution >= 4 is 12.2 Å². The van der Waals surface area contributed by atoms with Crippen LogP contribution in [0.5, 0.6) is 0 Å². The highest BCUT2D eigenvalue weighted by atomic mass is 16.4. The third-order valence-corrected chi connectivity index (χ3v) is 1.14. The molecule has 0 aliphatic carbocycles. The molecule has 5 heteroatoms. The van der Waals surface area contributed by atoms with Gasteiger partial charge >= 0.3 is 5.97 Å². The number of aliphatic carboxylic acids is 1. The maximum atomic E-state index is 10.2. The minimum Gasteiger partial charge on any atom is -0.480 e. The number of hydrogen-bond donors (Lipinski definition) is 3. The molecule has 0 saturated carbocycles. The molecule has 64 valence electrons. The summed E-state index contributed by atoms with van der Waals surface area (Å²) >= 11 is 0. The molecular weight excluding hydrogens is 146 g/mol. The lowest BCUT2D eigenvalue weighted by atomic mass is 10.2. The summed E-state index contributed by atoms with van der Waals surface area (Å²) in [4.78, 5) is 10.2. The lowest BCUT2D eigenvalue weighted by Gasteiger charge is -2.01. The molecule has 1 atom stereocenters. The second-order valence-corrected chi connectivity index (χ2v) is 2.06. The van der Waals surface area contributed by atoms with Crippen molar-refractivity contribution in [2.24, 2.45) is 10.8 Å². The molecular formula is C6H13N3O2. The summed E-state index contributed by atoms with van der Waals surface area (Å²) < 4.78 is 0. The van der Waals surface area contributed by atoms with Gasteiger partial charge in [-0.25, -0.2) is 0 Å². The number of nitrogens with one attached hydrogen (secondary N) is 1. The first kappa shape index (κ1) is 9.90. The normalized spacial score (nSPS) is 13.3. The van der Waals surface area contributed by atoms with E-state index >= 15 is 0 Å². The van der Waals surface area contributed by atoms with Gasteiger partial charge in [0, 0.05) is 13.3 Å². The van der Waals surface area contributed by atoms with Gasteiger partial charge in [-0.2, -0.15) is 5.10 Å². The zero-order valence-corrected chi connectivity index (χ0v) is 6.45. The molecule has 0 aromatic rings. The van der Waals surface area contributed by atoms with Gasteiger partial charge in [-0.15, -0.1) is 0 Å². The summed E-state index contributed by atoms with van der Waals surface area (Å²) in [6, 6.07) is -0.779. The first-order chi connectivity index (χ1) is 5.18. The van der Waals surface area contributed by atoms with Crippen LogP contribution < -0.4 is 11.2 Å². The maximum absolute atomic E-state index is 10.2. The fourth-order valence-electron chi connectivity index (χ4n) is 0.533. The van der Waals surface area contributed by atoms with Crippen LogP contribution in [0.25, 0.3) is 0 Å². The Morgan fingerprint density at radius 1 is 1.91 bits per heavy atom. The second-order valence-electron chi connectivity index (χ2n) is 2.06. The van der Waals surface area contributed by atoms with E-state index in [4.69, 9.17) is 10.8 Å². The summed E-state index contributed by atoms with van der Waals surface area (Å²) in [6.07, 6.45) is 2.59. The van der Waals surface area contributed by atoms with Crippen molar-refractivity contribution in [2.45, 2.75) is 18.9 Å². The van der Waals surface area contributed by atoms with Crippen LogP contribution in [0.3, 0.4) is 0 Å². The van der Waals surface area contributed by atoms with Crippen molar-refractivity contribution in [3.8, 4) is 0 Å². The summed E-state index contributed by atoms with van der Waals surface area (Å²) in [5.74, 6) is -0.970. The Kier molecular flexibility index (Phi) is 5.10. The average Bonchev–Trinajstić information content (AvgIpc) is 1.97. The topological polar surface area (TPSA) is 87.7 Å². The van der Waals surface area contributed by atoms with Gasteiger partial charge in [0.15, 0.2) is 0 Å². The van der Waals surface area contributed by atoms with E-state index in [1.54, 1.807) is 13.3 Å². The summed E-state index contributed by atoms with van der Waals surface area (Å²) in [5, 5.41) is 12.0. The number of carboxylic acid groups (broad SMARTS) is 1. The molecule has 0 fully saturated rings.